The predicted octanol–water partition coefficient (Wildman–Crippen LogP) is 3.80. The summed E-state index contributed by atoms with van der Waals surface area (Å²) in [5, 5.41) is 12.3. The molecular formula is C21H14F5N9. The van der Waals surface area contributed by atoms with E-state index < -0.39 is 29.6 Å². The van der Waals surface area contributed by atoms with Gasteiger partial charge >= 0.3 is 6.18 Å². The van der Waals surface area contributed by atoms with E-state index in [1.807, 2.05) is 0 Å². The number of alkyl halides is 3. The molecule has 5 aromatic rings. The summed E-state index contributed by atoms with van der Waals surface area (Å²) in [6.45, 7) is 1.78. The third kappa shape index (κ3) is 3.92. The van der Waals surface area contributed by atoms with Crippen molar-refractivity contribution in [1.82, 2.24) is 39.6 Å². The Labute approximate surface area is 193 Å². The average Bonchev–Trinajstić information content (AvgIpc) is 3.44. The lowest BCUT2D eigenvalue weighted by molar-refractivity contribution is -0.144. The van der Waals surface area contributed by atoms with Gasteiger partial charge in [-0.3, -0.25) is 0 Å². The van der Waals surface area contributed by atoms with Crippen LogP contribution in [0.15, 0.2) is 49.2 Å². The zero-order chi connectivity index (χ0) is 24.9. The standard InChI is InChI=1S/C21H14F5N9/c1-10(15-8-34(33-32-15)16-3-2-12(22)4-14(16)23)17-5-13(18-19(27)30-9-31-35(17)18)11-6-28-20(29-7-11)21(24,25)26/h2-10H,1H3,(H2,27,30,31)/t10-/m0/s1. The van der Waals surface area contributed by atoms with E-state index >= 15 is 0 Å². The number of aromatic nitrogens is 8. The lowest BCUT2D eigenvalue weighted by Crippen LogP contribution is -2.10. The SMILES string of the molecule is C[C@@H](c1cn(-c2ccc(F)cc2F)nn1)c1cc(-c2cnc(C(F)(F)F)nc2)c2c(N)ncnn12. The second-order valence-corrected chi connectivity index (χ2v) is 7.59. The average molecular weight is 487 g/mol. The summed E-state index contributed by atoms with van der Waals surface area (Å²) in [5.41, 5.74) is 8.06. The maximum atomic E-state index is 14.2. The van der Waals surface area contributed by atoms with Gasteiger partial charge in [-0.25, -0.2) is 32.9 Å². The van der Waals surface area contributed by atoms with Crippen LogP contribution in [-0.4, -0.2) is 39.6 Å². The number of nitrogen functional groups attached to an aromatic ring is 1. The molecule has 9 nitrogen and oxygen atoms in total. The molecule has 0 fully saturated rings. The quantitative estimate of drug-likeness (QED) is 0.384. The van der Waals surface area contributed by atoms with E-state index in [1.165, 1.54) is 27.8 Å². The van der Waals surface area contributed by atoms with Gasteiger partial charge in [0.05, 0.1) is 17.6 Å². The summed E-state index contributed by atoms with van der Waals surface area (Å²) < 4.78 is 68.7. The first-order chi connectivity index (χ1) is 16.6. The molecule has 14 heteroatoms. The molecule has 0 saturated carbocycles. The van der Waals surface area contributed by atoms with E-state index in [4.69, 9.17) is 5.73 Å². The zero-order valence-electron chi connectivity index (χ0n) is 17.7. The van der Waals surface area contributed by atoms with Gasteiger partial charge < -0.3 is 5.73 Å². The number of nitrogens with zero attached hydrogens (tertiary/aromatic N) is 8. The fraction of sp³-hybridized carbons (Fsp3) is 0.143. The first-order valence-electron chi connectivity index (χ1n) is 10.0. The number of hydrogen-bond acceptors (Lipinski definition) is 7. The van der Waals surface area contributed by atoms with Gasteiger partial charge in [-0.05, 0) is 18.2 Å². The van der Waals surface area contributed by atoms with Crippen LogP contribution in [0.4, 0.5) is 27.8 Å². The van der Waals surface area contributed by atoms with Crippen LogP contribution in [0.2, 0.25) is 0 Å². The van der Waals surface area contributed by atoms with Crippen molar-refractivity contribution in [2.24, 2.45) is 0 Å². The molecule has 0 aliphatic carbocycles. The number of nitrogens with two attached hydrogens (primary N) is 1. The lowest BCUT2D eigenvalue weighted by atomic mass is 10.0. The predicted molar refractivity (Wildman–Crippen MR) is 112 cm³/mol. The summed E-state index contributed by atoms with van der Waals surface area (Å²) in [5.74, 6) is -3.19. The Morgan fingerprint density at radius 1 is 1.03 bits per heavy atom. The highest BCUT2D eigenvalue weighted by Crippen LogP contribution is 2.35. The first-order valence-corrected chi connectivity index (χ1v) is 10.0. The van der Waals surface area contributed by atoms with Gasteiger partial charge in [-0.2, -0.15) is 18.3 Å². The highest BCUT2D eigenvalue weighted by atomic mass is 19.4. The molecule has 35 heavy (non-hydrogen) atoms. The van der Waals surface area contributed by atoms with Crippen molar-refractivity contribution in [3.63, 3.8) is 0 Å². The highest BCUT2D eigenvalue weighted by molar-refractivity contribution is 5.88. The Bertz CT molecular complexity index is 1540. The third-order valence-corrected chi connectivity index (χ3v) is 5.38. The highest BCUT2D eigenvalue weighted by Gasteiger charge is 2.34. The zero-order valence-corrected chi connectivity index (χ0v) is 17.7. The number of anilines is 1. The van der Waals surface area contributed by atoms with Crippen LogP contribution < -0.4 is 5.73 Å². The van der Waals surface area contributed by atoms with Gasteiger partial charge in [0.15, 0.2) is 11.6 Å². The topological polar surface area (TPSA) is 113 Å². The molecule has 5 rings (SSSR count). The van der Waals surface area contributed by atoms with Crippen LogP contribution in [0.3, 0.4) is 0 Å². The monoisotopic (exact) mass is 487 g/mol. The van der Waals surface area contributed by atoms with Crippen molar-refractivity contribution in [2.45, 2.75) is 19.0 Å². The maximum Gasteiger partial charge on any atom is 0.451 e. The molecule has 0 amide bonds. The molecule has 0 radical (unpaired) electrons. The summed E-state index contributed by atoms with van der Waals surface area (Å²) >= 11 is 0. The van der Waals surface area contributed by atoms with E-state index in [1.54, 1.807) is 13.0 Å². The molecule has 0 aliphatic heterocycles. The Morgan fingerprint density at radius 2 is 1.77 bits per heavy atom. The Balaban J connectivity index is 1.58. The Kier molecular flexibility index (Phi) is 5.15. The van der Waals surface area contributed by atoms with Crippen LogP contribution in [0.5, 0.6) is 0 Å². The molecule has 4 aromatic heterocycles. The molecule has 0 aliphatic rings. The largest absolute Gasteiger partial charge is 0.451 e. The molecule has 2 N–H and O–H groups in total. The number of halogens is 5. The lowest BCUT2D eigenvalue weighted by Gasteiger charge is -2.08. The number of benzene rings is 1. The normalized spacial score (nSPS) is 12.9. The van der Waals surface area contributed by atoms with Crippen molar-refractivity contribution in [2.75, 3.05) is 5.73 Å². The van der Waals surface area contributed by atoms with Crippen LogP contribution in [0, 0.1) is 11.6 Å². The molecule has 0 bridgehead atoms. The molecule has 0 saturated heterocycles. The Hall–Kier alpha value is -4.49. The van der Waals surface area contributed by atoms with Crippen LogP contribution >= 0.6 is 0 Å². The molecular weight excluding hydrogens is 473 g/mol. The Morgan fingerprint density at radius 3 is 2.46 bits per heavy atom. The van der Waals surface area contributed by atoms with Crippen molar-refractivity contribution >= 4 is 11.3 Å². The minimum Gasteiger partial charge on any atom is -0.382 e. The minimum atomic E-state index is -4.68. The summed E-state index contributed by atoms with van der Waals surface area (Å²) in [6, 6.07) is 4.73. The van der Waals surface area contributed by atoms with Crippen molar-refractivity contribution in [1.29, 1.82) is 0 Å². The second kappa shape index (κ2) is 8.07. The summed E-state index contributed by atoms with van der Waals surface area (Å²) in [4.78, 5) is 10.8. The van der Waals surface area contributed by atoms with E-state index in [2.05, 4.69) is 30.4 Å². The summed E-state index contributed by atoms with van der Waals surface area (Å²) in [6.07, 6.45) is 0.112. The van der Waals surface area contributed by atoms with Gasteiger partial charge in [0.1, 0.15) is 23.3 Å². The van der Waals surface area contributed by atoms with Gasteiger partial charge in [-0.1, -0.05) is 12.1 Å². The number of hydrogen-bond donors (Lipinski definition) is 1. The fourth-order valence-corrected chi connectivity index (χ4v) is 3.65. The van der Waals surface area contributed by atoms with Gasteiger partial charge in [0, 0.05) is 35.5 Å². The molecule has 0 unspecified atom stereocenters. The molecule has 1 aromatic carbocycles. The number of fused-ring (bicyclic) bond motifs is 1. The third-order valence-electron chi connectivity index (χ3n) is 5.38. The van der Waals surface area contributed by atoms with Crippen molar-refractivity contribution in [3.05, 3.63) is 78.0 Å². The molecule has 4 heterocycles. The molecule has 0 spiro atoms. The number of rotatable bonds is 4. The van der Waals surface area contributed by atoms with E-state index in [-0.39, 0.29) is 17.1 Å². The smallest absolute Gasteiger partial charge is 0.382 e. The van der Waals surface area contributed by atoms with Crippen LogP contribution in [0.25, 0.3) is 22.3 Å². The minimum absolute atomic E-state index is 0.00605. The fourth-order valence-electron chi connectivity index (χ4n) is 3.65. The van der Waals surface area contributed by atoms with Crippen molar-refractivity contribution < 1.29 is 22.0 Å². The maximum absolute atomic E-state index is 14.2. The summed E-state index contributed by atoms with van der Waals surface area (Å²) in [7, 11) is 0. The molecule has 178 valence electrons. The van der Waals surface area contributed by atoms with Gasteiger partial charge in [-0.15, -0.1) is 5.10 Å². The van der Waals surface area contributed by atoms with Crippen LogP contribution in [-0.2, 0) is 6.18 Å². The van der Waals surface area contributed by atoms with Crippen molar-refractivity contribution in [3.8, 4) is 16.8 Å². The second-order valence-electron chi connectivity index (χ2n) is 7.59. The van der Waals surface area contributed by atoms with Gasteiger partial charge in [0.2, 0.25) is 5.82 Å². The van der Waals surface area contributed by atoms with Gasteiger partial charge in [0.25, 0.3) is 0 Å². The van der Waals surface area contributed by atoms with E-state index in [0.717, 1.165) is 24.5 Å². The first kappa shape index (κ1) is 22.3. The van der Waals surface area contributed by atoms with Crippen LogP contribution in [0.1, 0.15) is 30.1 Å². The molecule has 1 atom stereocenters. The van der Waals surface area contributed by atoms with E-state index in [9.17, 15) is 22.0 Å². The van der Waals surface area contributed by atoms with E-state index in [0.29, 0.717) is 22.5 Å².